The molecular weight excluding hydrogens is 392 g/mol. The van der Waals surface area contributed by atoms with Gasteiger partial charge in [0, 0.05) is 5.56 Å². The lowest BCUT2D eigenvalue weighted by molar-refractivity contribution is -0.122. The van der Waals surface area contributed by atoms with Crippen LogP contribution in [0.3, 0.4) is 0 Å². The Hall–Kier alpha value is -3.93. The Bertz CT molecular complexity index is 1240. The molecule has 0 spiro atoms. The predicted octanol–water partition coefficient (Wildman–Crippen LogP) is 4.60. The summed E-state index contributed by atoms with van der Waals surface area (Å²) < 4.78 is 5.95. The van der Waals surface area contributed by atoms with Crippen LogP contribution < -0.4 is 15.0 Å². The van der Waals surface area contributed by atoms with Crippen molar-refractivity contribution in [3.8, 4) is 5.75 Å². The summed E-state index contributed by atoms with van der Waals surface area (Å²) in [6, 6.07) is 17.7. The fraction of sp³-hybridized carbons (Fsp3) is 0.160. The molecule has 156 valence electrons. The highest BCUT2D eigenvalue weighted by atomic mass is 16.5. The standard InChI is InChI=1S/C25H22N2O4/c1-15(2)31-22-13-12-17-9-5-6-10-18(17)19(22)14-20-23(28)26-25(30)27(24(20)29)21-11-7-4-8-16(21)3/h4-15H,1-3H3,(H,26,28,30)/b20-14+. The number of hydrogen-bond acceptors (Lipinski definition) is 4. The Kier molecular flexibility index (Phi) is 5.29. The number of imide groups is 2. The third kappa shape index (κ3) is 3.80. The molecule has 4 rings (SSSR count). The number of anilines is 1. The molecule has 0 aromatic heterocycles. The van der Waals surface area contributed by atoms with Gasteiger partial charge in [0.1, 0.15) is 11.3 Å². The second-order valence-electron chi connectivity index (χ2n) is 7.61. The topological polar surface area (TPSA) is 75.7 Å². The smallest absolute Gasteiger partial charge is 0.335 e. The minimum Gasteiger partial charge on any atom is -0.490 e. The van der Waals surface area contributed by atoms with Crippen LogP contribution in [0.25, 0.3) is 16.8 Å². The molecule has 1 N–H and O–H groups in total. The zero-order valence-electron chi connectivity index (χ0n) is 17.5. The lowest BCUT2D eigenvalue weighted by atomic mass is 9.99. The quantitative estimate of drug-likeness (QED) is 0.500. The maximum absolute atomic E-state index is 13.3. The number of urea groups is 1. The maximum Gasteiger partial charge on any atom is 0.335 e. The summed E-state index contributed by atoms with van der Waals surface area (Å²) in [5, 5.41) is 4.07. The maximum atomic E-state index is 13.3. The van der Waals surface area contributed by atoms with Crippen LogP contribution in [0.1, 0.15) is 25.0 Å². The first kappa shape index (κ1) is 20.3. The average Bonchev–Trinajstić information content (AvgIpc) is 2.73. The summed E-state index contributed by atoms with van der Waals surface area (Å²) in [6.07, 6.45) is 1.41. The average molecular weight is 414 g/mol. The van der Waals surface area contributed by atoms with Crippen molar-refractivity contribution in [3.63, 3.8) is 0 Å². The monoisotopic (exact) mass is 414 g/mol. The Labute approximate surface area is 180 Å². The van der Waals surface area contributed by atoms with Crippen molar-refractivity contribution in [2.45, 2.75) is 26.9 Å². The molecule has 3 aromatic rings. The number of amides is 4. The molecule has 0 saturated carbocycles. The van der Waals surface area contributed by atoms with Gasteiger partial charge >= 0.3 is 6.03 Å². The van der Waals surface area contributed by atoms with Crippen molar-refractivity contribution >= 4 is 40.4 Å². The molecule has 0 unspecified atom stereocenters. The Balaban J connectivity index is 1.88. The van der Waals surface area contributed by atoms with Crippen LogP contribution in [-0.4, -0.2) is 23.9 Å². The number of ether oxygens (including phenoxy) is 1. The van der Waals surface area contributed by atoms with Gasteiger partial charge in [-0.1, -0.05) is 48.5 Å². The Morgan fingerprint density at radius 2 is 1.65 bits per heavy atom. The van der Waals surface area contributed by atoms with Gasteiger partial charge in [-0.2, -0.15) is 0 Å². The summed E-state index contributed by atoms with van der Waals surface area (Å²) >= 11 is 0. The first-order valence-electron chi connectivity index (χ1n) is 10.0. The number of hydrogen-bond donors (Lipinski definition) is 1. The summed E-state index contributed by atoms with van der Waals surface area (Å²) in [4.78, 5) is 39.5. The summed E-state index contributed by atoms with van der Waals surface area (Å²) in [5.74, 6) is -0.851. The number of para-hydroxylation sites is 1. The third-order valence-corrected chi connectivity index (χ3v) is 5.04. The lowest BCUT2D eigenvalue weighted by Crippen LogP contribution is -2.54. The van der Waals surface area contributed by atoms with Crippen molar-refractivity contribution < 1.29 is 19.1 Å². The molecule has 1 saturated heterocycles. The van der Waals surface area contributed by atoms with Crippen molar-refractivity contribution in [1.82, 2.24) is 5.32 Å². The molecule has 1 aliphatic rings. The fourth-order valence-corrected chi connectivity index (χ4v) is 3.62. The van der Waals surface area contributed by atoms with Gasteiger partial charge in [-0.3, -0.25) is 14.9 Å². The van der Waals surface area contributed by atoms with Gasteiger partial charge in [0.15, 0.2) is 0 Å². The molecule has 6 heteroatoms. The van der Waals surface area contributed by atoms with Gasteiger partial charge in [-0.15, -0.1) is 0 Å². The molecule has 0 aliphatic carbocycles. The first-order valence-corrected chi connectivity index (χ1v) is 10.0. The van der Waals surface area contributed by atoms with E-state index in [9.17, 15) is 14.4 Å². The number of benzene rings is 3. The summed E-state index contributed by atoms with van der Waals surface area (Å²) in [6.45, 7) is 5.61. The van der Waals surface area contributed by atoms with Crippen molar-refractivity contribution in [3.05, 3.63) is 77.4 Å². The molecule has 4 amide bonds. The molecule has 1 fully saturated rings. The van der Waals surface area contributed by atoms with Crippen LogP contribution in [0.15, 0.2) is 66.2 Å². The van der Waals surface area contributed by atoms with E-state index >= 15 is 0 Å². The van der Waals surface area contributed by atoms with Gasteiger partial charge in [-0.25, -0.2) is 9.69 Å². The molecule has 0 bridgehead atoms. The van der Waals surface area contributed by atoms with E-state index in [1.54, 1.807) is 25.1 Å². The number of carbonyl (C=O) groups is 3. The van der Waals surface area contributed by atoms with Gasteiger partial charge < -0.3 is 4.74 Å². The number of barbiturate groups is 1. The molecule has 6 nitrogen and oxygen atoms in total. The molecule has 31 heavy (non-hydrogen) atoms. The van der Waals surface area contributed by atoms with E-state index < -0.39 is 17.8 Å². The molecule has 1 aliphatic heterocycles. The highest BCUT2D eigenvalue weighted by Gasteiger charge is 2.37. The molecule has 0 atom stereocenters. The van der Waals surface area contributed by atoms with Crippen LogP contribution in [0.2, 0.25) is 0 Å². The van der Waals surface area contributed by atoms with E-state index in [-0.39, 0.29) is 11.7 Å². The van der Waals surface area contributed by atoms with E-state index in [0.717, 1.165) is 21.2 Å². The highest BCUT2D eigenvalue weighted by molar-refractivity contribution is 6.39. The number of fused-ring (bicyclic) bond motifs is 1. The van der Waals surface area contributed by atoms with Crippen molar-refractivity contribution in [2.24, 2.45) is 0 Å². The largest absolute Gasteiger partial charge is 0.490 e. The van der Waals surface area contributed by atoms with E-state index in [1.165, 1.54) is 6.08 Å². The summed E-state index contributed by atoms with van der Waals surface area (Å²) in [7, 11) is 0. The first-order chi connectivity index (χ1) is 14.9. The van der Waals surface area contributed by atoms with E-state index in [1.807, 2.05) is 56.3 Å². The second-order valence-corrected chi connectivity index (χ2v) is 7.61. The van der Waals surface area contributed by atoms with Crippen LogP contribution in [0, 0.1) is 6.92 Å². The number of rotatable bonds is 4. The van der Waals surface area contributed by atoms with Gasteiger partial charge in [0.25, 0.3) is 11.8 Å². The molecule has 3 aromatic carbocycles. The summed E-state index contributed by atoms with van der Waals surface area (Å²) in [5.41, 5.74) is 1.66. The Morgan fingerprint density at radius 1 is 0.935 bits per heavy atom. The Morgan fingerprint density at radius 3 is 2.39 bits per heavy atom. The van der Waals surface area contributed by atoms with Crippen molar-refractivity contribution in [1.29, 1.82) is 0 Å². The van der Waals surface area contributed by atoms with Gasteiger partial charge in [0.05, 0.1) is 11.8 Å². The molecule has 1 heterocycles. The van der Waals surface area contributed by atoms with E-state index in [0.29, 0.717) is 17.0 Å². The number of nitrogens with zero attached hydrogens (tertiary/aromatic N) is 1. The predicted molar refractivity (Wildman–Crippen MR) is 120 cm³/mol. The van der Waals surface area contributed by atoms with Gasteiger partial charge in [-0.05, 0) is 55.3 Å². The third-order valence-electron chi connectivity index (χ3n) is 5.04. The normalized spacial score (nSPS) is 15.7. The van der Waals surface area contributed by atoms with Crippen LogP contribution >= 0.6 is 0 Å². The number of aryl methyl sites for hydroxylation is 1. The zero-order chi connectivity index (χ0) is 22.1. The number of nitrogens with one attached hydrogen (secondary N) is 1. The fourth-order valence-electron chi connectivity index (χ4n) is 3.62. The molecular formula is C25H22N2O4. The molecule has 0 radical (unpaired) electrons. The second kappa shape index (κ2) is 8.07. The highest BCUT2D eigenvalue weighted by Crippen LogP contribution is 2.32. The lowest BCUT2D eigenvalue weighted by Gasteiger charge is -2.27. The number of carbonyl (C=O) groups excluding carboxylic acids is 3. The zero-order valence-corrected chi connectivity index (χ0v) is 17.5. The SMILES string of the molecule is Cc1ccccc1N1C(=O)NC(=O)/C(=C\c2c(OC(C)C)ccc3ccccc23)C1=O. The van der Waals surface area contributed by atoms with Crippen molar-refractivity contribution in [2.75, 3.05) is 4.90 Å². The van der Waals surface area contributed by atoms with E-state index in [4.69, 9.17) is 4.74 Å². The van der Waals surface area contributed by atoms with E-state index in [2.05, 4.69) is 5.32 Å². The minimum absolute atomic E-state index is 0.0979. The minimum atomic E-state index is -0.766. The van der Waals surface area contributed by atoms with Crippen LogP contribution in [0.4, 0.5) is 10.5 Å². The van der Waals surface area contributed by atoms with Gasteiger partial charge in [0.2, 0.25) is 0 Å². The van der Waals surface area contributed by atoms with Crippen LogP contribution in [-0.2, 0) is 9.59 Å². The van der Waals surface area contributed by atoms with Crippen LogP contribution in [0.5, 0.6) is 5.75 Å².